The van der Waals surface area contributed by atoms with Crippen molar-refractivity contribution in [2.24, 2.45) is 5.14 Å². The Labute approximate surface area is 85.2 Å². The first kappa shape index (κ1) is 13.1. The Morgan fingerprint density at radius 1 is 1.57 bits per heavy atom. The number of aliphatic hydroxyl groups is 1. The fourth-order valence-electron chi connectivity index (χ4n) is 0.871. The lowest BCUT2D eigenvalue weighted by Crippen LogP contribution is -1.97. The summed E-state index contributed by atoms with van der Waals surface area (Å²) in [6.45, 7) is 1.99. The van der Waals surface area contributed by atoms with E-state index >= 15 is 0 Å². The Morgan fingerprint density at radius 3 is 2.43 bits per heavy atom. The normalized spacial score (nSPS) is 11.4. The highest BCUT2D eigenvalue weighted by atomic mass is 32.2. The lowest BCUT2D eigenvalue weighted by atomic mass is 10.1. The number of aryl methyl sites for hydroxylation is 1. The van der Waals surface area contributed by atoms with Gasteiger partial charge in [0.05, 0.1) is 6.61 Å². The van der Waals surface area contributed by atoms with Gasteiger partial charge in [-0.2, -0.15) is 0 Å². The second-order valence-corrected chi connectivity index (χ2v) is 3.14. The molecule has 0 radical (unpaired) electrons. The van der Waals surface area contributed by atoms with Crippen molar-refractivity contribution in [1.29, 1.82) is 0 Å². The number of aliphatic hydroxyl groups excluding tert-OH is 1. The molecule has 14 heavy (non-hydrogen) atoms. The van der Waals surface area contributed by atoms with Crippen molar-refractivity contribution in [3.8, 4) is 0 Å². The van der Waals surface area contributed by atoms with Crippen LogP contribution >= 0.6 is 0 Å². The summed E-state index contributed by atoms with van der Waals surface area (Å²) in [5, 5.41) is 12.8. The van der Waals surface area contributed by atoms with Crippen LogP contribution in [0.1, 0.15) is 11.1 Å². The van der Waals surface area contributed by atoms with Crippen LogP contribution in [0.15, 0.2) is 18.2 Å². The van der Waals surface area contributed by atoms with E-state index in [2.05, 4.69) is 5.14 Å². The molecule has 1 aromatic rings. The van der Waals surface area contributed by atoms with E-state index in [0.717, 1.165) is 11.1 Å². The summed E-state index contributed by atoms with van der Waals surface area (Å²) in [5.74, 6) is 0. The van der Waals surface area contributed by atoms with Gasteiger partial charge in [-0.25, -0.2) is 0 Å². The zero-order valence-corrected chi connectivity index (χ0v) is 8.58. The number of nitrogens with two attached hydrogens (primary N) is 2. The van der Waals surface area contributed by atoms with Gasteiger partial charge in [-0.15, -0.1) is 0 Å². The molecule has 0 saturated heterocycles. The molecule has 0 bridgehead atoms. The van der Waals surface area contributed by atoms with Gasteiger partial charge in [0.2, 0.25) is 0 Å². The highest BCUT2D eigenvalue weighted by Gasteiger charge is 1.95. The summed E-state index contributed by atoms with van der Waals surface area (Å²) in [6, 6.07) is 5.62. The van der Waals surface area contributed by atoms with Crippen molar-refractivity contribution in [3.05, 3.63) is 29.3 Å². The predicted molar refractivity (Wildman–Crippen MR) is 54.6 cm³/mol. The van der Waals surface area contributed by atoms with Crippen molar-refractivity contribution in [2.45, 2.75) is 13.5 Å². The van der Waals surface area contributed by atoms with Crippen LogP contribution in [0.3, 0.4) is 0 Å². The Kier molecular flexibility index (Phi) is 6.06. The van der Waals surface area contributed by atoms with Gasteiger partial charge in [-0.1, -0.05) is 17.7 Å². The average molecular weight is 217 g/mol. The molecule has 0 amide bonds. The van der Waals surface area contributed by atoms with Gasteiger partial charge in [0.1, 0.15) is 0 Å². The van der Waals surface area contributed by atoms with E-state index in [1.54, 1.807) is 6.07 Å². The quantitative estimate of drug-likeness (QED) is 0.447. The van der Waals surface area contributed by atoms with E-state index in [0.29, 0.717) is 5.69 Å². The first-order valence-electron chi connectivity index (χ1n) is 3.77. The monoisotopic (exact) mass is 217 g/mol. The third-order valence-corrected chi connectivity index (χ3v) is 1.47. The van der Waals surface area contributed by atoms with Crippen molar-refractivity contribution in [3.63, 3.8) is 0 Å². The van der Waals surface area contributed by atoms with Crippen molar-refractivity contribution in [1.82, 2.24) is 0 Å². The van der Waals surface area contributed by atoms with Crippen LogP contribution in [-0.2, 0) is 17.9 Å². The van der Waals surface area contributed by atoms with Gasteiger partial charge in [0.25, 0.3) is 0 Å². The molecule has 0 heterocycles. The minimum Gasteiger partial charge on any atom is -0.760 e. The molecule has 1 rings (SSSR count). The first-order chi connectivity index (χ1) is 6.47. The largest absolute Gasteiger partial charge is 0.760 e. The lowest BCUT2D eigenvalue weighted by Gasteiger charge is -2.01. The molecular formula is C8H13N2O3S-. The molecule has 5 nitrogen and oxygen atoms in total. The molecule has 5 N–H and O–H groups in total. The number of hydrogen-bond donors (Lipinski definition) is 3. The Bertz CT molecular complexity index is 313. The number of rotatable bonds is 1. The molecule has 0 fully saturated rings. The Morgan fingerprint density at radius 2 is 2.07 bits per heavy atom. The second kappa shape index (κ2) is 6.50. The molecule has 1 atom stereocenters. The average Bonchev–Trinajstić information content (AvgIpc) is 2.08. The maximum absolute atomic E-state index is 8.78. The van der Waals surface area contributed by atoms with E-state index in [4.69, 9.17) is 19.6 Å². The van der Waals surface area contributed by atoms with Gasteiger partial charge in [0.15, 0.2) is 0 Å². The zero-order valence-electron chi connectivity index (χ0n) is 7.77. The molecule has 1 unspecified atom stereocenters. The summed E-state index contributed by atoms with van der Waals surface area (Å²) in [6.07, 6.45) is 0. The van der Waals surface area contributed by atoms with Crippen LogP contribution in [0.4, 0.5) is 5.69 Å². The fourth-order valence-corrected chi connectivity index (χ4v) is 0.871. The molecule has 0 aliphatic heterocycles. The molecule has 0 aromatic heterocycles. The van der Waals surface area contributed by atoms with E-state index in [9.17, 15) is 0 Å². The lowest BCUT2D eigenvalue weighted by molar-refractivity contribution is 0.282. The van der Waals surface area contributed by atoms with Crippen molar-refractivity contribution >= 4 is 17.0 Å². The minimum absolute atomic E-state index is 0.0213. The summed E-state index contributed by atoms with van der Waals surface area (Å²) < 4.78 is 17.6. The topological polar surface area (TPSA) is 112 Å². The smallest absolute Gasteiger partial charge is 0.0702 e. The predicted octanol–water partition coefficient (Wildman–Crippen LogP) is -0.191. The van der Waals surface area contributed by atoms with Gasteiger partial charge in [0, 0.05) is 22.5 Å². The SMILES string of the molecule is Cc1ccc(N)c(CO)c1.NS(=O)[O-]. The van der Waals surface area contributed by atoms with E-state index < -0.39 is 11.3 Å². The summed E-state index contributed by atoms with van der Waals surface area (Å²) in [7, 11) is 0. The molecular weight excluding hydrogens is 204 g/mol. The second-order valence-electron chi connectivity index (χ2n) is 2.62. The summed E-state index contributed by atoms with van der Waals surface area (Å²) in [4.78, 5) is 0. The van der Waals surface area contributed by atoms with Crippen LogP contribution in [0, 0.1) is 6.92 Å². The van der Waals surface area contributed by atoms with Gasteiger partial charge in [-0.05, 0) is 13.0 Å². The van der Waals surface area contributed by atoms with Crippen molar-refractivity contribution in [2.75, 3.05) is 5.73 Å². The van der Waals surface area contributed by atoms with Crippen LogP contribution in [0.5, 0.6) is 0 Å². The molecule has 0 aliphatic rings. The molecule has 80 valence electrons. The number of nitrogen functional groups attached to an aromatic ring is 1. The molecule has 1 aromatic carbocycles. The van der Waals surface area contributed by atoms with E-state index in [1.807, 2.05) is 19.1 Å². The van der Waals surface area contributed by atoms with Crippen LogP contribution in [-0.4, -0.2) is 13.9 Å². The number of hydrogen-bond acceptors (Lipinski definition) is 4. The Hall–Kier alpha value is -0.950. The van der Waals surface area contributed by atoms with Gasteiger partial charge in [-0.3, -0.25) is 9.35 Å². The van der Waals surface area contributed by atoms with E-state index in [-0.39, 0.29) is 6.61 Å². The molecule has 6 heteroatoms. The van der Waals surface area contributed by atoms with Crippen LogP contribution in [0.25, 0.3) is 0 Å². The van der Waals surface area contributed by atoms with Gasteiger partial charge >= 0.3 is 0 Å². The summed E-state index contributed by atoms with van der Waals surface area (Å²) in [5.41, 5.74) is 8.13. The molecule has 0 spiro atoms. The molecule has 0 aliphatic carbocycles. The minimum atomic E-state index is -2.36. The standard InChI is InChI=1S/C8H11NO.H3NO2S/c1-6-2-3-8(9)7(4-6)5-10;1-4(2)3/h2-4,10H,5,9H2,1H3;1H2,(H,2,3)/p-1. The third-order valence-electron chi connectivity index (χ3n) is 1.47. The molecule has 0 saturated carbocycles. The van der Waals surface area contributed by atoms with Crippen molar-refractivity contribution < 1.29 is 13.9 Å². The zero-order chi connectivity index (χ0) is 11.1. The Balaban J connectivity index is 0.000000364. The summed E-state index contributed by atoms with van der Waals surface area (Å²) >= 11 is -2.36. The highest BCUT2D eigenvalue weighted by molar-refractivity contribution is 7.76. The maximum atomic E-state index is 8.78. The van der Waals surface area contributed by atoms with Crippen LogP contribution in [0.2, 0.25) is 0 Å². The highest BCUT2D eigenvalue weighted by Crippen LogP contribution is 2.12. The van der Waals surface area contributed by atoms with E-state index in [1.165, 1.54) is 0 Å². The maximum Gasteiger partial charge on any atom is 0.0702 e. The third kappa shape index (κ3) is 5.65. The first-order valence-corrected chi connectivity index (χ1v) is 4.90. The van der Waals surface area contributed by atoms with Gasteiger partial charge < -0.3 is 15.4 Å². The number of anilines is 1. The number of benzene rings is 1. The van der Waals surface area contributed by atoms with Crippen LogP contribution < -0.4 is 10.9 Å². The fraction of sp³-hybridized carbons (Fsp3) is 0.250.